The van der Waals surface area contributed by atoms with E-state index in [-0.39, 0.29) is 28.9 Å². The first-order valence-electron chi connectivity index (χ1n) is 13.4. The van der Waals surface area contributed by atoms with Gasteiger partial charge in [0.2, 0.25) is 0 Å². The van der Waals surface area contributed by atoms with Crippen LogP contribution >= 0.6 is 0 Å². The third-order valence-corrected chi connectivity index (χ3v) is 6.94. The van der Waals surface area contributed by atoms with Crippen LogP contribution in [-0.4, -0.2) is 49.9 Å². The Balaban J connectivity index is 1.26. The molecule has 0 radical (unpaired) electrons. The van der Waals surface area contributed by atoms with E-state index in [0.717, 1.165) is 12.8 Å². The Morgan fingerprint density at radius 3 is 2.52 bits per heavy atom. The third-order valence-electron chi connectivity index (χ3n) is 6.94. The lowest BCUT2D eigenvalue weighted by atomic mass is 10.1. The Kier molecular flexibility index (Phi) is 7.39. The monoisotopic (exact) mass is 565 g/mol. The van der Waals surface area contributed by atoms with Crippen LogP contribution in [0.15, 0.2) is 90.1 Å². The average molecular weight is 566 g/mol. The molecule has 0 bridgehead atoms. The molecule has 1 aliphatic rings. The van der Waals surface area contributed by atoms with Crippen LogP contribution < -0.4 is 20.9 Å². The molecule has 4 heterocycles. The molecule has 0 unspecified atom stereocenters. The largest absolute Gasteiger partial charge is 0.504 e. The van der Waals surface area contributed by atoms with Crippen LogP contribution in [0.25, 0.3) is 16.6 Å². The van der Waals surface area contributed by atoms with E-state index in [4.69, 9.17) is 9.47 Å². The molecule has 1 aliphatic heterocycles. The number of nitrogens with one attached hydrogen (secondary N) is 2. The summed E-state index contributed by atoms with van der Waals surface area (Å²) < 4.78 is 12.8. The zero-order chi connectivity index (χ0) is 29.1. The highest BCUT2D eigenvalue weighted by molar-refractivity contribution is 6.07. The highest BCUT2D eigenvalue weighted by Crippen LogP contribution is 2.35. The lowest BCUT2D eigenvalue weighted by molar-refractivity contribution is 0.0904. The van der Waals surface area contributed by atoms with Crippen molar-refractivity contribution < 1.29 is 24.5 Å². The molecule has 3 aromatic heterocycles. The number of benzene rings is 2. The van der Waals surface area contributed by atoms with Gasteiger partial charge in [-0.2, -0.15) is 0 Å². The van der Waals surface area contributed by atoms with Gasteiger partial charge in [0.05, 0.1) is 17.4 Å². The van der Waals surface area contributed by atoms with Crippen LogP contribution in [0.1, 0.15) is 23.2 Å². The average Bonchev–Trinajstić information content (AvgIpc) is 3.00. The van der Waals surface area contributed by atoms with E-state index in [0.29, 0.717) is 47.0 Å². The number of para-hydroxylation sites is 1. The van der Waals surface area contributed by atoms with E-state index in [9.17, 15) is 19.8 Å². The number of amides is 1. The van der Waals surface area contributed by atoms with Gasteiger partial charge in [0, 0.05) is 48.8 Å². The predicted molar refractivity (Wildman–Crippen MR) is 157 cm³/mol. The van der Waals surface area contributed by atoms with Gasteiger partial charge in [-0.25, -0.2) is 4.98 Å². The summed E-state index contributed by atoms with van der Waals surface area (Å²) >= 11 is 0. The number of aromatic nitrogens is 3. The molecule has 2 aromatic carbocycles. The molecule has 0 spiro atoms. The Hall–Kier alpha value is -5.42. The SMILES string of the molecule is O=C(Nc1ccc(Oc2ccnc3cc(O)c(O)cc23)cn1)c1c(NC2CCOCC2)ccn(-c2ccccc2)c1=O. The van der Waals surface area contributed by atoms with Crippen molar-refractivity contribution in [1.29, 1.82) is 0 Å². The zero-order valence-electron chi connectivity index (χ0n) is 22.4. The molecule has 1 fully saturated rings. The van der Waals surface area contributed by atoms with E-state index in [2.05, 4.69) is 20.6 Å². The number of ether oxygens (including phenoxy) is 2. The Morgan fingerprint density at radius 1 is 0.976 bits per heavy atom. The van der Waals surface area contributed by atoms with Gasteiger partial charge in [-0.3, -0.25) is 19.1 Å². The van der Waals surface area contributed by atoms with E-state index in [1.165, 1.54) is 29.1 Å². The zero-order valence-corrected chi connectivity index (χ0v) is 22.4. The van der Waals surface area contributed by atoms with Crippen molar-refractivity contribution in [2.24, 2.45) is 0 Å². The van der Waals surface area contributed by atoms with Crippen LogP contribution in [-0.2, 0) is 4.74 Å². The van der Waals surface area contributed by atoms with Gasteiger partial charge in [-0.1, -0.05) is 18.2 Å². The molecule has 5 aromatic rings. The van der Waals surface area contributed by atoms with Gasteiger partial charge in [-0.05, 0) is 55.3 Å². The van der Waals surface area contributed by atoms with Gasteiger partial charge >= 0.3 is 0 Å². The molecule has 1 saturated heterocycles. The summed E-state index contributed by atoms with van der Waals surface area (Å²) in [7, 11) is 0. The highest BCUT2D eigenvalue weighted by Gasteiger charge is 2.22. The van der Waals surface area contributed by atoms with Crippen LogP contribution in [0.2, 0.25) is 0 Å². The molecule has 11 heteroatoms. The number of hydrogen-bond donors (Lipinski definition) is 4. The van der Waals surface area contributed by atoms with Crippen molar-refractivity contribution in [3.8, 4) is 28.7 Å². The summed E-state index contributed by atoms with van der Waals surface area (Å²) in [5.41, 5.74) is 1.03. The molecule has 4 N–H and O–H groups in total. The minimum atomic E-state index is -0.601. The fraction of sp³-hybridized carbons (Fsp3) is 0.161. The Labute approximate surface area is 240 Å². The van der Waals surface area contributed by atoms with Crippen molar-refractivity contribution in [3.63, 3.8) is 0 Å². The minimum Gasteiger partial charge on any atom is -0.504 e. The van der Waals surface area contributed by atoms with Gasteiger partial charge in [-0.15, -0.1) is 0 Å². The maximum absolute atomic E-state index is 13.6. The normalized spacial score (nSPS) is 13.5. The Morgan fingerprint density at radius 2 is 1.76 bits per heavy atom. The second-order valence-electron chi connectivity index (χ2n) is 9.75. The lowest BCUT2D eigenvalue weighted by Crippen LogP contribution is -2.33. The molecule has 0 atom stereocenters. The fourth-order valence-corrected chi connectivity index (χ4v) is 4.78. The van der Waals surface area contributed by atoms with Crippen molar-refractivity contribution in [1.82, 2.24) is 14.5 Å². The second-order valence-corrected chi connectivity index (χ2v) is 9.75. The molecule has 212 valence electrons. The number of carbonyl (C=O) groups is 1. The number of rotatable bonds is 7. The van der Waals surface area contributed by atoms with Crippen molar-refractivity contribution in [2.75, 3.05) is 23.8 Å². The highest BCUT2D eigenvalue weighted by atomic mass is 16.5. The molecular weight excluding hydrogens is 538 g/mol. The summed E-state index contributed by atoms with van der Waals surface area (Å²) in [6.45, 7) is 1.22. The number of phenols is 2. The smallest absolute Gasteiger partial charge is 0.270 e. The molecular formula is C31H27N5O6. The van der Waals surface area contributed by atoms with Crippen LogP contribution in [0.4, 0.5) is 11.5 Å². The number of aromatic hydroxyl groups is 2. The maximum Gasteiger partial charge on any atom is 0.270 e. The minimum absolute atomic E-state index is 0.0266. The number of pyridine rings is 3. The van der Waals surface area contributed by atoms with Crippen LogP contribution in [0.5, 0.6) is 23.0 Å². The first-order chi connectivity index (χ1) is 20.5. The molecule has 0 aliphatic carbocycles. The summed E-state index contributed by atoms with van der Waals surface area (Å²) in [6.07, 6.45) is 6.13. The van der Waals surface area contributed by atoms with E-state index < -0.39 is 11.5 Å². The number of anilines is 2. The van der Waals surface area contributed by atoms with Gasteiger partial charge in [0.25, 0.3) is 11.5 Å². The molecule has 6 rings (SSSR count). The van der Waals surface area contributed by atoms with E-state index >= 15 is 0 Å². The van der Waals surface area contributed by atoms with Gasteiger partial charge in [0.15, 0.2) is 11.5 Å². The van der Waals surface area contributed by atoms with Crippen molar-refractivity contribution in [2.45, 2.75) is 18.9 Å². The maximum atomic E-state index is 13.6. The van der Waals surface area contributed by atoms with Crippen LogP contribution in [0.3, 0.4) is 0 Å². The molecule has 11 nitrogen and oxygen atoms in total. The summed E-state index contributed by atoms with van der Waals surface area (Å²) in [4.78, 5) is 35.7. The molecule has 1 amide bonds. The van der Waals surface area contributed by atoms with Gasteiger partial charge in [0.1, 0.15) is 22.9 Å². The first-order valence-corrected chi connectivity index (χ1v) is 13.4. The van der Waals surface area contributed by atoms with Gasteiger partial charge < -0.3 is 30.3 Å². The Bertz CT molecular complexity index is 1800. The summed E-state index contributed by atoms with van der Waals surface area (Å²) in [6, 6.07) is 18.4. The van der Waals surface area contributed by atoms with E-state index in [1.807, 2.05) is 18.2 Å². The standard InChI is InChI=1S/C31H27N5O6/c37-25-16-22-24(17-26(25)38)32-12-8-27(22)42-21-6-7-28(33-18-21)35-30(39)29-23(34-19-10-14-41-15-11-19)9-13-36(31(29)40)20-4-2-1-3-5-20/h1-9,12-13,16-19,34,37-38H,10-11,14-15H2,(H,33,35,39). The quantitative estimate of drug-likeness (QED) is 0.204. The summed E-state index contributed by atoms with van der Waals surface area (Å²) in [5.74, 6) is -0.203. The number of nitrogens with zero attached hydrogens (tertiary/aromatic N) is 3. The number of fused-ring (bicyclic) bond motifs is 1. The third kappa shape index (κ3) is 5.58. The predicted octanol–water partition coefficient (Wildman–Crippen LogP) is 4.83. The number of carbonyl (C=O) groups excluding carboxylic acids is 1. The molecule has 42 heavy (non-hydrogen) atoms. The topological polar surface area (TPSA) is 148 Å². The van der Waals surface area contributed by atoms with Crippen molar-refractivity contribution >= 4 is 28.3 Å². The molecule has 0 saturated carbocycles. The van der Waals surface area contributed by atoms with E-state index in [1.54, 1.807) is 42.6 Å². The summed E-state index contributed by atoms with van der Waals surface area (Å²) in [5, 5.41) is 26.3. The van der Waals surface area contributed by atoms with Crippen molar-refractivity contribution in [3.05, 3.63) is 101 Å². The lowest BCUT2D eigenvalue weighted by Gasteiger charge is -2.25. The van der Waals surface area contributed by atoms with Crippen LogP contribution in [0, 0.1) is 0 Å². The second kappa shape index (κ2) is 11.6. The number of hydrogen-bond acceptors (Lipinski definition) is 9. The number of phenolic OH excluding ortho intramolecular Hbond substituents is 2. The fourth-order valence-electron chi connectivity index (χ4n) is 4.78. The first kappa shape index (κ1) is 26.8.